The van der Waals surface area contributed by atoms with Gasteiger partial charge < -0.3 is 15.3 Å². The van der Waals surface area contributed by atoms with Crippen LogP contribution in [0.15, 0.2) is 66.7 Å². The summed E-state index contributed by atoms with van der Waals surface area (Å²) in [6.45, 7) is 1.21. The van der Waals surface area contributed by atoms with Crippen LogP contribution in [0, 0.1) is 22.7 Å². The molecule has 0 bridgehead atoms. The summed E-state index contributed by atoms with van der Waals surface area (Å²) in [5.41, 5.74) is 5.21. The summed E-state index contributed by atoms with van der Waals surface area (Å²) in [7, 11) is 0. The van der Waals surface area contributed by atoms with Gasteiger partial charge in [-0.25, -0.2) is 4.79 Å². The van der Waals surface area contributed by atoms with E-state index in [2.05, 4.69) is 23.5 Å². The number of carboxylic acid groups (broad SMARTS) is 1. The number of nitriles is 1. The fourth-order valence-corrected chi connectivity index (χ4v) is 5.84. The number of nitrogens with one attached hydrogen (secondary N) is 1. The number of carbonyl (C=O) groups excluding carboxylic acids is 2. The summed E-state index contributed by atoms with van der Waals surface area (Å²) < 4.78 is 0. The molecule has 7 heteroatoms. The van der Waals surface area contributed by atoms with Crippen LogP contribution in [0.25, 0.3) is 11.1 Å². The van der Waals surface area contributed by atoms with Gasteiger partial charge in [0.2, 0.25) is 11.8 Å². The van der Waals surface area contributed by atoms with Gasteiger partial charge in [-0.05, 0) is 77.1 Å². The predicted octanol–water partition coefficient (Wildman–Crippen LogP) is 4.66. The first-order chi connectivity index (χ1) is 18.9. The zero-order valence-corrected chi connectivity index (χ0v) is 21.5. The molecule has 0 unspecified atom stereocenters. The fourth-order valence-electron chi connectivity index (χ4n) is 5.84. The number of fused-ring (bicyclic) bond motifs is 1. The molecule has 2 saturated carbocycles. The standard InChI is InChI=1S/C32H29N3O4/c33-19-32(12-13-32)31(39)35-14-11-25-24(21-7-4-8-22(15-21)30(37)38)10-9-23(28(25)18-35)17-34-29(36)27-16-26(27)20-5-2-1-3-6-20/h1-10,15,26-27H,11-14,16-18H2,(H,34,36)(H,37,38)/t26-,27+/m0/s1. The van der Waals surface area contributed by atoms with Crippen LogP contribution in [0.1, 0.15) is 57.8 Å². The molecule has 3 aliphatic rings. The van der Waals surface area contributed by atoms with Gasteiger partial charge in [0.25, 0.3) is 0 Å². The molecule has 39 heavy (non-hydrogen) atoms. The largest absolute Gasteiger partial charge is 0.478 e. The molecule has 2 amide bonds. The third-order valence-electron chi connectivity index (χ3n) is 8.40. The Morgan fingerprint density at radius 2 is 1.82 bits per heavy atom. The predicted molar refractivity (Wildman–Crippen MR) is 144 cm³/mol. The molecule has 6 rings (SSSR count). The van der Waals surface area contributed by atoms with Gasteiger partial charge in [-0.15, -0.1) is 0 Å². The van der Waals surface area contributed by atoms with Gasteiger partial charge in [0.15, 0.2) is 0 Å². The molecule has 0 aromatic heterocycles. The van der Waals surface area contributed by atoms with Crippen LogP contribution in [-0.4, -0.2) is 34.3 Å². The molecule has 2 aliphatic carbocycles. The topological polar surface area (TPSA) is 110 Å². The lowest BCUT2D eigenvalue weighted by Crippen LogP contribution is -2.41. The van der Waals surface area contributed by atoms with Crippen molar-refractivity contribution >= 4 is 17.8 Å². The van der Waals surface area contributed by atoms with Gasteiger partial charge >= 0.3 is 5.97 Å². The lowest BCUT2D eigenvalue weighted by atomic mass is 9.86. The van der Waals surface area contributed by atoms with Crippen molar-refractivity contribution in [1.82, 2.24) is 10.2 Å². The van der Waals surface area contributed by atoms with E-state index < -0.39 is 11.4 Å². The van der Waals surface area contributed by atoms with E-state index in [9.17, 15) is 24.8 Å². The van der Waals surface area contributed by atoms with Crippen molar-refractivity contribution in [3.05, 3.63) is 94.5 Å². The molecular formula is C32H29N3O4. The Labute approximate surface area is 227 Å². The molecule has 196 valence electrons. The van der Waals surface area contributed by atoms with Gasteiger partial charge in [-0.1, -0.05) is 54.6 Å². The normalized spacial score (nSPS) is 20.3. The second-order valence-electron chi connectivity index (χ2n) is 10.9. The van der Waals surface area contributed by atoms with Crippen LogP contribution in [0.5, 0.6) is 0 Å². The van der Waals surface area contributed by atoms with Crippen molar-refractivity contribution in [2.75, 3.05) is 6.54 Å². The molecule has 3 aromatic rings. The molecule has 3 aromatic carbocycles. The second-order valence-corrected chi connectivity index (χ2v) is 10.9. The van der Waals surface area contributed by atoms with Crippen LogP contribution in [0.3, 0.4) is 0 Å². The second kappa shape index (κ2) is 9.70. The number of amides is 2. The Morgan fingerprint density at radius 1 is 1.03 bits per heavy atom. The monoisotopic (exact) mass is 519 g/mol. The van der Waals surface area contributed by atoms with Crippen molar-refractivity contribution in [2.24, 2.45) is 11.3 Å². The van der Waals surface area contributed by atoms with Gasteiger partial charge in [0, 0.05) is 25.6 Å². The van der Waals surface area contributed by atoms with Gasteiger partial charge in [-0.2, -0.15) is 5.26 Å². The van der Waals surface area contributed by atoms with Gasteiger partial charge in [0.05, 0.1) is 11.6 Å². The van der Waals surface area contributed by atoms with Crippen LogP contribution < -0.4 is 5.32 Å². The lowest BCUT2D eigenvalue weighted by Gasteiger charge is -2.33. The number of carbonyl (C=O) groups is 3. The van der Waals surface area contributed by atoms with E-state index in [1.165, 1.54) is 5.56 Å². The number of nitrogens with zero attached hydrogens (tertiary/aromatic N) is 2. The van der Waals surface area contributed by atoms with E-state index in [1.54, 1.807) is 23.1 Å². The van der Waals surface area contributed by atoms with Crippen LogP contribution >= 0.6 is 0 Å². The minimum absolute atomic E-state index is 0.0287. The maximum Gasteiger partial charge on any atom is 0.335 e. The molecule has 1 heterocycles. The number of rotatable bonds is 7. The van der Waals surface area contributed by atoms with Crippen molar-refractivity contribution in [1.29, 1.82) is 5.26 Å². The van der Waals surface area contributed by atoms with Gasteiger partial charge in [-0.3, -0.25) is 9.59 Å². The Kier molecular flexibility index (Phi) is 6.19. The van der Waals surface area contributed by atoms with E-state index in [0.29, 0.717) is 38.9 Å². The molecule has 7 nitrogen and oxygen atoms in total. The summed E-state index contributed by atoms with van der Waals surface area (Å²) in [5, 5.41) is 22.2. The average Bonchev–Trinajstić information content (AvgIpc) is 3.90. The smallest absolute Gasteiger partial charge is 0.335 e. The Hall–Kier alpha value is -4.44. The van der Waals surface area contributed by atoms with E-state index in [4.69, 9.17) is 0 Å². The average molecular weight is 520 g/mol. The van der Waals surface area contributed by atoms with Crippen molar-refractivity contribution in [3.8, 4) is 17.2 Å². The molecular weight excluding hydrogens is 490 g/mol. The lowest BCUT2D eigenvalue weighted by molar-refractivity contribution is -0.136. The third kappa shape index (κ3) is 4.67. The minimum atomic E-state index is -0.984. The van der Waals surface area contributed by atoms with E-state index in [0.717, 1.165) is 34.2 Å². The van der Waals surface area contributed by atoms with E-state index >= 15 is 0 Å². The van der Waals surface area contributed by atoms with Gasteiger partial charge in [0.1, 0.15) is 5.41 Å². The summed E-state index contributed by atoms with van der Waals surface area (Å²) in [5.74, 6) is -0.863. The minimum Gasteiger partial charge on any atom is -0.478 e. The van der Waals surface area contributed by atoms with Crippen LogP contribution in [0.2, 0.25) is 0 Å². The zero-order valence-electron chi connectivity index (χ0n) is 21.5. The molecule has 0 spiro atoms. The van der Waals surface area contributed by atoms with Crippen molar-refractivity contribution < 1.29 is 19.5 Å². The number of hydrogen-bond acceptors (Lipinski definition) is 4. The highest BCUT2D eigenvalue weighted by Gasteiger charge is 2.53. The molecule has 0 radical (unpaired) electrons. The molecule has 0 saturated heterocycles. The van der Waals surface area contributed by atoms with Crippen LogP contribution in [0.4, 0.5) is 0 Å². The summed E-state index contributed by atoms with van der Waals surface area (Å²) in [4.78, 5) is 39.6. The maximum atomic E-state index is 13.2. The molecule has 2 atom stereocenters. The maximum absolute atomic E-state index is 13.2. The van der Waals surface area contributed by atoms with Crippen molar-refractivity contribution in [2.45, 2.75) is 44.7 Å². The number of aromatic carboxylic acids is 1. The first-order valence-electron chi connectivity index (χ1n) is 13.4. The highest BCUT2D eigenvalue weighted by molar-refractivity contribution is 5.90. The Bertz CT molecular complexity index is 1520. The summed E-state index contributed by atoms with van der Waals surface area (Å²) in [6, 6.07) is 23.1. The van der Waals surface area contributed by atoms with E-state index in [-0.39, 0.29) is 29.2 Å². The summed E-state index contributed by atoms with van der Waals surface area (Å²) in [6.07, 6.45) is 2.63. The molecule has 2 fully saturated rings. The number of carboxylic acids is 1. The quantitative estimate of drug-likeness (QED) is 0.472. The molecule has 1 aliphatic heterocycles. The Balaban J connectivity index is 1.27. The van der Waals surface area contributed by atoms with Crippen LogP contribution in [-0.2, 0) is 29.1 Å². The Morgan fingerprint density at radius 3 is 2.54 bits per heavy atom. The first kappa shape index (κ1) is 24.9. The highest BCUT2D eigenvalue weighted by atomic mass is 16.4. The SMILES string of the molecule is N#CC1(C(=O)N2CCc3c(-c4cccc(C(=O)O)c4)ccc(CNC(=O)[C@@H]4C[C@H]4c4ccccc4)c3C2)CC1. The van der Waals surface area contributed by atoms with E-state index in [1.807, 2.05) is 36.4 Å². The fraction of sp³-hybridized carbons (Fsp3) is 0.312. The molecule has 2 N–H and O–H groups in total. The zero-order chi connectivity index (χ0) is 27.1. The van der Waals surface area contributed by atoms with Crippen molar-refractivity contribution in [3.63, 3.8) is 0 Å². The highest BCUT2D eigenvalue weighted by Crippen LogP contribution is 2.48. The summed E-state index contributed by atoms with van der Waals surface area (Å²) >= 11 is 0. The number of benzene rings is 3. The number of hydrogen-bond donors (Lipinski definition) is 2. The first-order valence-corrected chi connectivity index (χ1v) is 13.4. The third-order valence-corrected chi connectivity index (χ3v) is 8.40.